The standard InChI is InChI=1S/C8H13N/c1-7(2)8(3)5-4-6-9/h4-5,7-8H,1-3H3/b5-4+/t8-/m0/s1. The molecule has 50 valence electrons. The molecule has 0 saturated heterocycles. The fourth-order valence-electron chi connectivity index (χ4n) is 0.417. The van der Waals surface area contributed by atoms with Crippen LogP contribution in [0.3, 0.4) is 0 Å². The summed E-state index contributed by atoms with van der Waals surface area (Å²) in [5.74, 6) is 1.15. The van der Waals surface area contributed by atoms with Crippen molar-refractivity contribution in [3.8, 4) is 6.07 Å². The highest BCUT2D eigenvalue weighted by atomic mass is 14.2. The van der Waals surface area contributed by atoms with E-state index < -0.39 is 0 Å². The van der Waals surface area contributed by atoms with Gasteiger partial charge in [-0.3, -0.25) is 0 Å². The Morgan fingerprint density at radius 1 is 1.33 bits per heavy atom. The quantitative estimate of drug-likeness (QED) is 0.517. The molecule has 0 bridgehead atoms. The van der Waals surface area contributed by atoms with Crippen LogP contribution in [-0.2, 0) is 0 Å². The van der Waals surface area contributed by atoms with Gasteiger partial charge < -0.3 is 0 Å². The summed E-state index contributed by atoms with van der Waals surface area (Å²) >= 11 is 0. The van der Waals surface area contributed by atoms with Gasteiger partial charge in [-0.25, -0.2) is 0 Å². The Morgan fingerprint density at radius 3 is 2.22 bits per heavy atom. The average molecular weight is 123 g/mol. The van der Waals surface area contributed by atoms with Gasteiger partial charge in [-0.05, 0) is 11.8 Å². The lowest BCUT2D eigenvalue weighted by molar-refractivity contribution is 0.504. The predicted octanol–water partition coefficient (Wildman–Crippen LogP) is 2.36. The van der Waals surface area contributed by atoms with E-state index in [1.54, 1.807) is 6.08 Å². The smallest absolute Gasteiger partial charge is 0.0908 e. The van der Waals surface area contributed by atoms with Crippen LogP contribution in [0, 0.1) is 23.2 Å². The van der Waals surface area contributed by atoms with E-state index in [9.17, 15) is 0 Å². The van der Waals surface area contributed by atoms with Crippen LogP contribution in [0.1, 0.15) is 20.8 Å². The molecule has 1 atom stereocenters. The minimum atomic E-state index is 0.518. The Hall–Kier alpha value is -0.770. The van der Waals surface area contributed by atoms with Crippen LogP contribution >= 0.6 is 0 Å². The van der Waals surface area contributed by atoms with Crippen molar-refractivity contribution in [2.24, 2.45) is 11.8 Å². The molecule has 0 aromatic carbocycles. The van der Waals surface area contributed by atoms with Gasteiger partial charge in [0.25, 0.3) is 0 Å². The molecule has 0 fully saturated rings. The van der Waals surface area contributed by atoms with Crippen molar-refractivity contribution in [3.05, 3.63) is 12.2 Å². The van der Waals surface area contributed by atoms with Gasteiger partial charge in [0.2, 0.25) is 0 Å². The Morgan fingerprint density at radius 2 is 1.89 bits per heavy atom. The van der Waals surface area contributed by atoms with Gasteiger partial charge in [0.05, 0.1) is 6.07 Å². The summed E-state index contributed by atoms with van der Waals surface area (Å²) in [6, 6.07) is 1.97. The van der Waals surface area contributed by atoms with E-state index >= 15 is 0 Å². The Bertz CT molecular complexity index is 128. The van der Waals surface area contributed by atoms with Crippen LogP contribution in [0.2, 0.25) is 0 Å². The summed E-state index contributed by atoms with van der Waals surface area (Å²) in [6.45, 7) is 6.40. The van der Waals surface area contributed by atoms with E-state index in [0.717, 1.165) is 0 Å². The van der Waals surface area contributed by atoms with Crippen molar-refractivity contribution in [1.29, 1.82) is 5.26 Å². The number of hydrogen-bond acceptors (Lipinski definition) is 1. The van der Waals surface area contributed by atoms with Gasteiger partial charge in [0.15, 0.2) is 0 Å². The molecule has 0 N–H and O–H groups in total. The molecule has 0 unspecified atom stereocenters. The second-order valence-corrected chi connectivity index (χ2v) is 2.59. The maximum atomic E-state index is 8.16. The zero-order chi connectivity index (χ0) is 7.28. The molecule has 9 heavy (non-hydrogen) atoms. The molecule has 0 rings (SSSR count). The molecule has 0 aliphatic carbocycles. The van der Waals surface area contributed by atoms with E-state index in [2.05, 4.69) is 20.8 Å². The van der Waals surface area contributed by atoms with Crippen molar-refractivity contribution in [3.63, 3.8) is 0 Å². The number of hydrogen-bond donors (Lipinski definition) is 0. The normalized spacial score (nSPS) is 14.1. The Labute approximate surface area is 57.0 Å². The third-order valence-electron chi connectivity index (χ3n) is 1.53. The van der Waals surface area contributed by atoms with Crippen LogP contribution in [-0.4, -0.2) is 0 Å². The van der Waals surface area contributed by atoms with Crippen LogP contribution in [0.4, 0.5) is 0 Å². The lowest BCUT2D eigenvalue weighted by atomic mass is 9.98. The molecule has 0 spiro atoms. The number of rotatable bonds is 2. The van der Waals surface area contributed by atoms with Crippen LogP contribution in [0.5, 0.6) is 0 Å². The van der Waals surface area contributed by atoms with E-state index in [-0.39, 0.29) is 0 Å². The SMILES string of the molecule is CC(C)[C@@H](C)/C=C/C#N. The number of nitriles is 1. The second-order valence-electron chi connectivity index (χ2n) is 2.59. The molecule has 0 radical (unpaired) electrons. The second kappa shape index (κ2) is 4.14. The molecular weight excluding hydrogens is 110 g/mol. The maximum absolute atomic E-state index is 8.16. The molecule has 1 heteroatoms. The Kier molecular flexibility index (Phi) is 3.79. The van der Waals surface area contributed by atoms with Crippen molar-refractivity contribution in [2.45, 2.75) is 20.8 Å². The molecule has 0 aliphatic heterocycles. The zero-order valence-corrected chi connectivity index (χ0v) is 6.26. The highest BCUT2D eigenvalue weighted by Gasteiger charge is 2.00. The lowest BCUT2D eigenvalue weighted by Crippen LogP contribution is -1.98. The zero-order valence-electron chi connectivity index (χ0n) is 6.26. The van der Waals surface area contributed by atoms with E-state index in [1.807, 2.05) is 12.1 Å². The summed E-state index contributed by atoms with van der Waals surface area (Å²) in [5.41, 5.74) is 0. The Balaban J connectivity index is 3.65. The van der Waals surface area contributed by atoms with E-state index in [1.165, 1.54) is 0 Å². The summed E-state index contributed by atoms with van der Waals surface area (Å²) < 4.78 is 0. The molecule has 0 heterocycles. The van der Waals surface area contributed by atoms with Gasteiger partial charge in [0, 0.05) is 6.08 Å². The topological polar surface area (TPSA) is 23.8 Å². The predicted molar refractivity (Wildman–Crippen MR) is 38.8 cm³/mol. The van der Waals surface area contributed by atoms with Gasteiger partial charge >= 0.3 is 0 Å². The monoisotopic (exact) mass is 123 g/mol. The maximum Gasteiger partial charge on any atom is 0.0908 e. The lowest BCUT2D eigenvalue weighted by Gasteiger charge is -2.07. The highest BCUT2D eigenvalue weighted by Crippen LogP contribution is 2.09. The first-order chi connectivity index (χ1) is 4.18. The van der Waals surface area contributed by atoms with Crippen molar-refractivity contribution in [1.82, 2.24) is 0 Å². The van der Waals surface area contributed by atoms with Crippen molar-refractivity contribution < 1.29 is 0 Å². The molecule has 0 amide bonds. The average Bonchev–Trinajstić information content (AvgIpc) is 1.82. The van der Waals surface area contributed by atoms with Crippen LogP contribution in [0.15, 0.2) is 12.2 Å². The third kappa shape index (κ3) is 3.78. The van der Waals surface area contributed by atoms with Crippen molar-refractivity contribution in [2.75, 3.05) is 0 Å². The van der Waals surface area contributed by atoms with Gasteiger partial charge in [-0.1, -0.05) is 26.8 Å². The third-order valence-corrected chi connectivity index (χ3v) is 1.53. The molecule has 1 nitrogen and oxygen atoms in total. The first-order valence-electron chi connectivity index (χ1n) is 3.24. The van der Waals surface area contributed by atoms with Gasteiger partial charge in [-0.15, -0.1) is 0 Å². The number of nitrogens with zero attached hydrogens (tertiary/aromatic N) is 1. The molecular formula is C8H13N. The number of allylic oxidation sites excluding steroid dienone is 2. The van der Waals surface area contributed by atoms with Gasteiger partial charge in [-0.2, -0.15) is 5.26 Å². The fraction of sp³-hybridized carbons (Fsp3) is 0.625. The largest absolute Gasteiger partial charge is 0.193 e. The van der Waals surface area contributed by atoms with Crippen LogP contribution < -0.4 is 0 Å². The molecule has 0 saturated carbocycles. The van der Waals surface area contributed by atoms with E-state index in [4.69, 9.17) is 5.26 Å². The van der Waals surface area contributed by atoms with Crippen LogP contribution in [0.25, 0.3) is 0 Å². The fourth-order valence-corrected chi connectivity index (χ4v) is 0.417. The minimum Gasteiger partial charge on any atom is -0.193 e. The molecule has 0 aromatic heterocycles. The molecule has 0 aromatic rings. The first kappa shape index (κ1) is 8.23. The van der Waals surface area contributed by atoms with E-state index in [0.29, 0.717) is 11.8 Å². The minimum absolute atomic E-state index is 0.518. The first-order valence-corrected chi connectivity index (χ1v) is 3.24. The highest BCUT2D eigenvalue weighted by molar-refractivity contribution is 5.03. The summed E-state index contributed by atoms with van der Waals surface area (Å²) in [6.07, 6.45) is 3.48. The summed E-state index contributed by atoms with van der Waals surface area (Å²) in [7, 11) is 0. The molecule has 0 aliphatic rings. The summed E-state index contributed by atoms with van der Waals surface area (Å²) in [4.78, 5) is 0. The van der Waals surface area contributed by atoms with Gasteiger partial charge in [0.1, 0.15) is 0 Å². The van der Waals surface area contributed by atoms with Crippen molar-refractivity contribution >= 4 is 0 Å². The summed E-state index contributed by atoms with van der Waals surface area (Å²) in [5, 5.41) is 8.16.